The lowest BCUT2D eigenvalue weighted by atomic mass is 10.1. The van der Waals surface area contributed by atoms with Gasteiger partial charge in [-0.05, 0) is 32.5 Å². The fourth-order valence-corrected chi connectivity index (χ4v) is 3.16. The van der Waals surface area contributed by atoms with E-state index in [0.717, 1.165) is 62.1 Å². The van der Waals surface area contributed by atoms with Crippen molar-refractivity contribution in [2.24, 2.45) is 4.99 Å². The summed E-state index contributed by atoms with van der Waals surface area (Å²) in [5.41, 5.74) is 2.27. The standard InChI is InChI=1S/C20H34N4O3/c1-15-11-16-12-18(26-5)17(13-19(16)27-15)14-23-20(21-2)22-7-9-24(3)8-6-10-25-4/h12-13,15H,6-11,14H2,1-5H3,(H2,21,22,23). The molecule has 1 aliphatic heterocycles. The monoisotopic (exact) mass is 378 g/mol. The second-order valence-electron chi connectivity index (χ2n) is 6.91. The first-order chi connectivity index (χ1) is 13.1. The van der Waals surface area contributed by atoms with Gasteiger partial charge in [0.05, 0.1) is 7.11 Å². The molecule has 0 amide bonds. The minimum Gasteiger partial charge on any atom is -0.496 e. The van der Waals surface area contributed by atoms with E-state index in [4.69, 9.17) is 14.2 Å². The van der Waals surface area contributed by atoms with Crippen LogP contribution in [0.25, 0.3) is 0 Å². The molecule has 0 saturated carbocycles. The van der Waals surface area contributed by atoms with Gasteiger partial charge in [-0.1, -0.05) is 0 Å². The van der Waals surface area contributed by atoms with Gasteiger partial charge >= 0.3 is 0 Å². The van der Waals surface area contributed by atoms with Crippen LogP contribution in [-0.4, -0.2) is 71.5 Å². The van der Waals surface area contributed by atoms with Crippen molar-refractivity contribution in [1.82, 2.24) is 15.5 Å². The summed E-state index contributed by atoms with van der Waals surface area (Å²) in [7, 11) is 7.34. The maximum atomic E-state index is 5.87. The molecule has 0 spiro atoms. The summed E-state index contributed by atoms with van der Waals surface area (Å²) in [4.78, 5) is 6.58. The zero-order valence-electron chi connectivity index (χ0n) is 17.3. The van der Waals surface area contributed by atoms with Gasteiger partial charge in [0.15, 0.2) is 5.96 Å². The van der Waals surface area contributed by atoms with Crippen LogP contribution in [0.5, 0.6) is 11.5 Å². The van der Waals surface area contributed by atoms with Crippen molar-refractivity contribution in [2.45, 2.75) is 32.4 Å². The SMILES string of the molecule is CN=C(NCCN(C)CCCOC)NCc1cc2c(cc1OC)CC(C)O2. The smallest absolute Gasteiger partial charge is 0.191 e. The number of fused-ring (bicyclic) bond motifs is 1. The third kappa shape index (κ3) is 6.59. The molecule has 0 fully saturated rings. The van der Waals surface area contributed by atoms with E-state index in [9.17, 15) is 0 Å². The van der Waals surface area contributed by atoms with E-state index in [-0.39, 0.29) is 6.10 Å². The Balaban J connectivity index is 1.81. The molecule has 1 heterocycles. The molecule has 1 unspecified atom stereocenters. The number of rotatable bonds is 10. The Labute approximate surface area is 163 Å². The number of nitrogens with one attached hydrogen (secondary N) is 2. The van der Waals surface area contributed by atoms with Crippen LogP contribution in [-0.2, 0) is 17.7 Å². The Morgan fingerprint density at radius 3 is 2.81 bits per heavy atom. The van der Waals surface area contributed by atoms with Crippen molar-refractivity contribution < 1.29 is 14.2 Å². The van der Waals surface area contributed by atoms with E-state index in [1.54, 1.807) is 21.3 Å². The van der Waals surface area contributed by atoms with Crippen LogP contribution >= 0.6 is 0 Å². The van der Waals surface area contributed by atoms with Crippen molar-refractivity contribution in [3.8, 4) is 11.5 Å². The summed E-state index contributed by atoms with van der Waals surface area (Å²) in [6.07, 6.45) is 2.20. The first kappa shape index (κ1) is 21.3. The van der Waals surface area contributed by atoms with E-state index in [1.807, 2.05) is 0 Å². The number of guanidine groups is 1. The fourth-order valence-electron chi connectivity index (χ4n) is 3.16. The number of benzene rings is 1. The number of nitrogens with zero attached hydrogens (tertiary/aromatic N) is 2. The number of likely N-dealkylation sites (N-methyl/N-ethyl adjacent to an activating group) is 1. The largest absolute Gasteiger partial charge is 0.496 e. The number of hydrogen-bond donors (Lipinski definition) is 2. The van der Waals surface area contributed by atoms with Crippen LogP contribution in [0.4, 0.5) is 0 Å². The van der Waals surface area contributed by atoms with E-state index < -0.39 is 0 Å². The highest BCUT2D eigenvalue weighted by atomic mass is 16.5. The second-order valence-corrected chi connectivity index (χ2v) is 6.91. The molecule has 7 nitrogen and oxygen atoms in total. The van der Waals surface area contributed by atoms with Crippen molar-refractivity contribution >= 4 is 5.96 Å². The van der Waals surface area contributed by atoms with Crippen LogP contribution < -0.4 is 20.1 Å². The molecule has 1 atom stereocenters. The average Bonchev–Trinajstić information content (AvgIpc) is 3.02. The van der Waals surface area contributed by atoms with Crippen LogP contribution in [0.1, 0.15) is 24.5 Å². The third-order valence-electron chi connectivity index (χ3n) is 4.64. The van der Waals surface area contributed by atoms with E-state index in [1.165, 1.54) is 5.56 Å². The molecule has 0 saturated heterocycles. The quantitative estimate of drug-likeness (QED) is 0.367. The van der Waals surface area contributed by atoms with Crippen molar-refractivity contribution in [3.63, 3.8) is 0 Å². The molecule has 7 heteroatoms. The molecular weight excluding hydrogens is 344 g/mol. The lowest BCUT2D eigenvalue weighted by Gasteiger charge is -2.18. The molecule has 1 aromatic rings. The van der Waals surface area contributed by atoms with Crippen molar-refractivity contribution in [2.75, 3.05) is 54.6 Å². The summed E-state index contributed by atoms with van der Waals surface area (Å²) < 4.78 is 16.5. The van der Waals surface area contributed by atoms with Gasteiger partial charge in [0.25, 0.3) is 0 Å². The Hall–Kier alpha value is -1.99. The summed E-state index contributed by atoms with van der Waals surface area (Å²) in [5.74, 6) is 2.62. The van der Waals surface area contributed by atoms with Gasteiger partial charge < -0.3 is 29.7 Å². The predicted molar refractivity (Wildman–Crippen MR) is 109 cm³/mol. The minimum absolute atomic E-state index is 0.225. The molecule has 0 bridgehead atoms. The average molecular weight is 379 g/mol. The Morgan fingerprint density at radius 2 is 2.11 bits per heavy atom. The number of ether oxygens (including phenoxy) is 3. The Morgan fingerprint density at radius 1 is 1.30 bits per heavy atom. The first-order valence-electron chi connectivity index (χ1n) is 9.55. The molecule has 152 valence electrons. The second kappa shape index (κ2) is 11.0. The third-order valence-corrected chi connectivity index (χ3v) is 4.64. The number of hydrogen-bond acceptors (Lipinski definition) is 5. The highest BCUT2D eigenvalue weighted by Crippen LogP contribution is 2.34. The molecule has 1 aromatic carbocycles. The predicted octanol–water partition coefficient (Wildman–Crippen LogP) is 1.65. The van der Waals surface area contributed by atoms with Crippen molar-refractivity contribution in [1.29, 1.82) is 0 Å². The molecule has 2 rings (SSSR count). The summed E-state index contributed by atoms with van der Waals surface area (Å²) in [6, 6.07) is 4.16. The summed E-state index contributed by atoms with van der Waals surface area (Å²) in [5, 5.41) is 6.71. The normalized spacial score (nSPS) is 16.2. The Bertz CT molecular complexity index is 621. The fraction of sp³-hybridized carbons (Fsp3) is 0.650. The molecule has 0 aliphatic carbocycles. The van der Waals surface area contributed by atoms with Crippen LogP contribution in [0.15, 0.2) is 17.1 Å². The maximum absolute atomic E-state index is 5.87. The number of methoxy groups -OCH3 is 2. The molecule has 2 N–H and O–H groups in total. The van der Waals surface area contributed by atoms with Crippen LogP contribution in [0.3, 0.4) is 0 Å². The zero-order chi connectivity index (χ0) is 19.6. The Kier molecular flexibility index (Phi) is 8.67. The van der Waals surface area contributed by atoms with E-state index in [0.29, 0.717) is 6.54 Å². The van der Waals surface area contributed by atoms with Gasteiger partial charge in [-0.15, -0.1) is 0 Å². The van der Waals surface area contributed by atoms with Gasteiger partial charge in [0.1, 0.15) is 17.6 Å². The molecule has 1 aliphatic rings. The summed E-state index contributed by atoms with van der Waals surface area (Å²) >= 11 is 0. The van der Waals surface area contributed by atoms with Gasteiger partial charge in [-0.2, -0.15) is 0 Å². The molecule has 0 radical (unpaired) electrons. The lowest BCUT2D eigenvalue weighted by molar-refractivity contribution is 0.180. The molecular formula is C20H34N4O3. The van der Waals surface area contributed by atoms with E-state index >= 15 is 0 Å². The molecule has 0 aromatic heterocycles. The van der Waals surface area contributed by atoms with Gasteiger partial charge in [-0.3, -0.25) is 4.99 Å². The topological polar surface area (TPSA) is 67.4 Å². The highest BCUT2D eigenvalue weighted by molar-refractivity contribution is 5.79. The zero-order valence-corrected chi connectivity index (χ0v) is 17.3. The van der Waals surface area contributed by atoms with Gasteiger partial charge in [0.2, 0.25) is 0 Å². The lowest BCUT2D eigenvalue weighted by Crippen LogP contribution is -2.40. The van der Waals surface area contributed by atoms with Crippen molar-refractivity contribution in [3.05, 3.63) is 23.3 Å². The highest BCUT2D eigenvalue weighted by Gasteiger charge is 2.21. The first-order valence-corrected chi connectivity index (χ1v) is 9.55. The molecule has 27 heavy (non-hydrogen) atoms. The minimum atomic E-state index is 0.225. The maximum Gasteiger partial charge on any atom is 0.191 e. The van der Waals surface area contributed by atoms with Gasteiger partial charge in [-0.25, -0.2) is 0 Å². The van der Waals surface area contributed by atoms with E-state index in [2.05, 4.69) is 46.6 Å². The van der Waals surface area contributed by atoms with Crippen LogP contribution in [0.2, 0.25) is 0 Å². The summed E-state index contributed by atoms with van der Waals surface area (Å²) in [6.45, 7) is 6.29. The number of aliphatic imine (C=N–C) groups is 1. The van der Waals surface area contributed by atoms with Crippen LogP contribution in [0, 0.1) is 0 Å². The van der Waals surface area contributed by atoms with Gasteiger partial charge in [0, 0.05) is 64.5 Å².